The van der Waals surface area contributed by atoms with E-state index in [4.69, 9.17) is 4.42 Å². The predicted octanol–water partition coefficient (Wildman–Crippen LogP) is 16.5. The first-order valence-electron chi connectivity index (χ1n) is 20.5. The Bertz CT molecular complexity index is 3300. The van der Waals surface area contributed by atoms with Crippen LogP contribution in [0.15, 0.2) is 241 Å². The van der Waals surface area contributed by atoms with Crippen molar-refractivity contribution in [2.75, 3.05) is 4.90 Å². The van der Waals surface area contributed by atoms with Crippen molar-refractivity contribution in [3.05, 3.63) is 237 Å². The van der Waals surface area contributed by atoms with Gasteiger partial charge in [0.15, 0.2) is 0 Å². The lowest BCUT2D eigenvalue weighted by Crippen LogP contribution is -2.10. The molecule has 2 nitrogen and oxygen atoms in total. The van der Waals surface area contributed by atoms with Crippen LogP contribution in [0.25, 0.3) is 88.3 Å². The van der Waals surface area contributed by atoms with E-state index in [9.17, 15) is 0 Å². The molecule has 11 aromatic rings. The summed E-state index contributed by atoms with van der Waals surface area (Å²) < 4.78 is 6.58. The van der Waals surface area contributed by atoms with Gasteiger partial charge in [0.25, 0.3) is 0 Å². The van der Waals surface area contributed by atoms with E-state index < -0.39 is 0 Å². The second-order valence-corrected chi connectivity index (χ2v) is 15.3. The second kappa shape index (κ2) is 15.1. The zero-order chi connectivity index (χ0) is 39.8. The average Bonchev–Trinajstić information content (AvgIpc) is 3.72. The van der Waals surface area contributed by atoms with E-state index >= 15 is 0 Å². The lowest BCUT2D eigenvalue weighted by molar-refractivity contribution is 0.632. The molecule has 0 bridgehead atoms. The molecule has 10 aromatic carbocycles. The quantitative estimate of drug-likeness (QED) is 0.153. The number of hydrogen-bond acceptors (Lipinski definition) is 2. The molecule has 0 fully saturated rings. The van der Waals surface area contributed by atoms with Gasteiger partial charge in [0.05, 0.1) is 5.69 Å². The minimum absolute atomic E-state index is 0.881. The molecule has 0 aliphatic rings. The molecule has 2 heteroatoms. The zero-order valence-corrected chi connectivity index (χ0v) is 32.9. The molecule has 0 spiro atoms. The molecule has 0 saturated carbocycles. The van der Waals surface area contributed by atoms with Crippen molar-refractivity contribution in [3.63, 3.8) is 0 Å². The Balaban J connectivity index is 0.951. The molecule has 0 radical (unpaired) electrons. The van der Waals surface area contributed by atoms with Crippen molar-refractivity contribution in [1.82, 2.24) is 0 Å². The van der Waals surface area contributed by atoms with Crippen molar-refractivity contribution < 1.29 is 4.42 Å². The molecule has 0 amide bonds. The average molecular weight is 766 g/mol. The molecule has 1 heterocycles. The Labute approximate surface area is 349 Å². The van der Waals surface area contributed by atoms with E-state index in [1.165, 1.54) is 43.8 Å². The molecule has 1 aromatic heterocycles. The van der Waals surface area contributed by atoms with Crippen LogP contribution in [0.1, 0.15) is 0 Å². The van der Waals surface area contributed by atoms with Crippen LogP contribution < -0.4 is 4.90 Å². The third kappa shape index (κ3) is 6.51. The first kappa shape index (κ1) is 35.2. The first-order chi connectivity index (χ1) is 29.7. The van der Waals surface area contributed by atoms with E-state index in [2.05, 4.69) is 229 Å². The number of rotatable bonds is 8. The van der Waals surface area contributed by atoms with Gasteiger partial charge in [-0.2, -0.15) is 0 Å². The molecule has 0 N–H and O–H groups in total. The van der Waals surface area contributed by atoms with Gasteiger partial charge in [-0.3, -0.25) is 0 Å². The lowest BCUT2D eigenvalue weighted by Gasteiger charge is -2.27. The third-order valence-electron chi connectivity index (χ3n) is 11.7. The summed E-state index contributed by atoms with van der Waals surface area (Å²) in [6, 6.07) is 84.7. The summed E-state index contributed by atoms with van der Waals surface area (Å²) in [6.45, 7) is 0. The Morgan fingerprint density at radius 3 is 1.48 bits per heavy atom. The van der Waals surface area contributed by atoms with Crippen LogP contribution >= 0.6 is 0 Å². The molecule has 282 valence electrons. The summed E-state index contributed by atoms with van der Waals surface area (Å²) in [6.07, 6.45) is 0. The van der Waals surface area contributed by atoms with Crippen molar-refractivity contribution in [3.8, 4) is 55.8 Å². The maximum absolute atomic E-state index is 6.58. The van der Waals surface area contributed by atoms with E-state index in [-0.39, 0.29) is 0 Å². The fourth-order valence-electron chi connectivity index (χ4n) is 8.66. The number of anilines is 3. The smallest absolute Gasteiger partial charge is 0.143 e. The highest BCUT2D eigenvalue weighted by Gasteiger charge is 2.19. The molecule has 0 aliphatic heterocycles. The van der Waals surface area contributed by atoms with Crippen molar-refractivity contribution >= 4 is 49.6 Å². The minimum Gasteiger partial charge on any atom is -0.455 e. The monoisotopic (exact) mass is 765 g/mol. The van der Waals surface area contributed by atoms with Crippen molar-refractivity contribution in [2.24, 2.45) is 0 Å². The fraction of sp³-hybridized carbons (Fsp3) is 0. The Hall–Kier alpha value is -7.94. The Morgan fingerprint density at radius 2 is 0.767 bits per heavy atom. The highest BCUT2D eigenvalue weighted by Crippen LogP contribution is 2.43. The molecular weight excluding hydrogens is 727 g/mol. The Kier molecular flexibility index (Phi) is 8.87. The first-order valence-corrected chi connectivity index (χ1v) is 20.5. The number of fused-ring (bicyclic) bond motifs is 3. The van der Waals surface area contributed by atoms with Crippen LogP contribution in [0.3, 0.4) is 0 Å². The molecular formula is C58H39NO. The van der Waals surface area contributed by atoms with Gasteiger partial charge < -0.3 is 9.32 Å². The van der Waals surface area contributed by atoms with E-state index in [1.807, 2.05) is 12.1 Å². The van der Waals surface area contributed by atoms with E-state index in [0.29, 0.717) is 0 Å². The molecule has 60 heavy (non-hydrogen) atoms. The molecule has 0 atom stereocenters. The number of benzene rings is 10. The van der Waals surface area contributed by atoms with Gasteiger partial charge in [-0.05, 0) is 110 Å². The highest BCUT2D eigenvalue weighted by molar-refractivity contribution is 6.02. The van der Waals surface area contributed by atoms with Crippen LogP contribution in [0.5, 0.6) is 0 Å². The van der Waals surface area contributed by atoms with E-state index in [0.717, 1.165) is 61.6 Å². The summed E-state index contributed by atoms with van der Waals surface area (Å²) in [7, 11) is 0. The van der Waals surface area contributed by atoms with Gasteiger partial charge in [0.2, 0.25) is 0 Å². The van der Waals surface area contributed by atoms with Crippen LogP contribution in [-0.2, 0) is 0 Å². The van der Waals surface area contributed by atoms with Crippen LogP contribution in [0, 0.1) is 0 Å². The number of para-hydroxylation sites is 1. The summed E-state index contributed by atoms with van der Waals surface area (Å²) in [5.41, 5.74) is 14.6. The van der Waals surface area contributed by atoms with Gasteiger partial charge in [-0.15, -0.1) is 0 Å². The van der Waals surface area contributed by atoms with E-state index in [1.54, 1.807) is 0 Å². The molecule has 0 saturated heterocycles. The summed E-state index contributed by atoms with van der Waals surface area (Å²) in [5.74, 6) is 0.881. The van der Waals surface area contributed by atoms with Crippen LogP contribution in [-0.4, -0.2) is 0 Å². The summed E-state index contributed by atoms with van der Waals surface area (Å²) >= 11 is 0. The van der Waals surface area contributed by atoms with Crippen molar-refractivity contribution in [1.29, 1.82) is 0 Å². The minimum atomic E-state index is 0.881. The van der Waals surface area contributed by atoms with Gasteiger partial charge >= 0.3 is 0 Å². The predicted molar refractivity (Wildman–Crippen MR) is 253 cm³/mol. The van der Waals surface area contributed by atoms with Crippen LogP contribution in [0.2, 0.25) is 0 Å². The van der Waals surface area contributed by atoms with Gasteiger partial charge in [0.1, 0.15) is 11.3 Å². The van der Waals surface area contributed by atoms with Crippen LogP contribution in [0.4, 0.5) is 17.1 Å². The number of furan rings is 1. The summed E-state index contributed by atoms with van der Waals surface area (Å²) in [4.78, 5) is 2.37. The maximum atomic E-state index is 6.58. The Morgan fingerprint density at radius 1 is 0.283 bits per heavy atom. The van der Waals surface area contributed by atoms with Gasteiger partial charge in [0, 0.05) is 33.3 Å². The van der Waals surface area contributed by atoms with Gasteiger partial charge in [-0.1, -0.05) is 182 Å². The third-order valence-corrected chi connectivity index (χ3v) is 11.7. The highest BCUT2D eigenvalue weighted by atomic mass is 16.3. The van der Waals surface area contributed by atoms with Crippen molar-refractivity contribution in [2.45, 2.75) is 0 Å². The topological polar surface area (TPSA) is 16.4 Å². The fourth-order valence-corrected chi connectivity index (χ4v) is 8.66. The molecule has 0 aliphatic carbocycles. The summed E-state index contributed by atoms with van der Waals surface area (Å²) in [5, 5.41) is 6.02. The normalized spacial score (nSPS) is 11.3. The standard InChI is InChI=1S/C58H39NO/c1-2-15-44(16-3-1)57-54-24-8-9-26-56(54)60-58(57)50-22-11-20-47(39-50)42-31-35-52(36-32-42)59(55-25-12-18-43-14-6-7-23-53(43)55)51-33-29-41(30-34-51)46-19-10-21-48(37-46)49-28-27-40-13-4-5-17-45(40)38-49/h1-39H. The zero-order valence-electron chi connectivity index (χ0n) is 32.9. The second-order valence-electron chi connectivity index (χ2n) is 15.3. The largest absolute Gasteiger partial charge is 0.455 e. The lowest BCUT2D eigenvalue weighted by atomic mass is 9.96. The van der Waals surface area contributed by atoms with Gasteiger partial charge in [-0.25, -0.2) is 0 Å². The maximum Gasteiger partial charge on any atom is 0.143 e. The molecule has 11 rings (SSSR count). The SMILES string of the molecule is c1ccc(-c2c(-c3cccc(-c4ccc(N(c5ccc(-c6cccc(-c7ccc8ccccc8c7)c6)cc5)c5cccc6ccccc56)cc4)c3)oc3ccccc23)cc1. The number of nitrogens with zero attached hydrogens (tertiary/aromatic N) is 1. The number of hydrogen-bond donors (Lipinski definition) is 0. The molecule has 0 unspecified atom stereocenters.